The summed E-state index contributed by atoms with van der Waals surface area (Å²) in [6.07, 6.45) is 2.88. The molecular formula is C12H20O6. The molecule has 1 unspecified atom stereocenters. The highest BCUT2D eigenvalue weighted by molar-refractivity contribution is 5.83. The topological polar surface area (TPSA) is 93.1 Å². The number of carboxylic acid groups (broad SMARTS) is 2. The van der Waals surface area contributed by atoms with Crippen molar-refractivity contribution in [2.75, 3.05) is 20.3 Å². The lowest BCUT2D eigenvalue weighted by molar-refractivity contribution is -0.166. The summed E-state index contributed by atoms with van der Waals surface area (Å²) in [5, 5.41) is 16.8. The van der Waals surface area contributed by atoms with E-state index in [-0.39, 0.29) is 0 Å². The van der Waals surface area contributed by atoms with Crippen LogP contribution in [0.5, 0.6) is 0 Å². The molecule has 2 N–H and O–H groups in total. The van der Waals surface area contributed by atoms with Gasteiger partial charge in [-0.25, -0.2) is 4.79 Å². The van der Waals surface area contributed by atoms with Crippen molar-refractivity contribution in [2.45, 2.75) is 18.9 Å². The maximum absolute atomic E-state index is 10.4. The third-order valence-electron chi connectivity index (χ3n) is 1.86. The lowest BCUT2D eigenvalue weighted by atomic mass is 10.0. The van der Waals surface area contributed by atoms with Crippen molar-refractivity contribution in [3.05, 3.63) is 25.3 Å². The second-order valence-electron chi connectivity index (χ2n) is 3.43. The van der Waals surface area contributed by atoms with Crippen molar-refractivity contribution in [1.29, 1.82) is 0 Å². The summed E-state index contributed by atoms with van der Waals surface area (Å²) in [5.74, 6) is -2.47. The van der Waals surface area contributed by atoms with Gasteiger partial charge in [-0.15, -0.1) is 13.2 Å². The van der Waals surface area contributed by atoms with E-state index >= 15 is 0 Å². The van der Waals surface area contributed by atoms with Gasteiger partial charge in [0.2, 0.25) is 0 Å². The van der Waals surface area contributed by atoms with Crippen molar-refractivity contribution in [1.82, 2.24) is 0 Å². The smallest absolute Gasteiger partial charge is 0.336 e. The maximum Gasteiger partial charge on any atom is 0.336 e. The monoisotopic (exact) mass is 260 g/mol. The zero-order valence-corrected chi connectivity index (χ0v) is 10.7. The molecule has 0 rings (SSSR count). The third-order valence-corrected chi connectivity index (χ3v) is 1.86. The second kappa shape index (κ2) is 10.5. The number of aliphatic carboxylic acids is 2. The van der Waals surface area contributed by atoms with Crippen LogP contribution in [0.25, 0.3) is 0 Å². The largest absolute Gasteiger partial charge is 0.481 e. The Morgan fingerprint density at radius 1 is 1.22 bits per heavy atom. The van der Waals surface area contributed by atoms with Crippen LogP contribution in [-0.4, -0.2) is 48.1 Å². The quantitative estimate of drug-likeness (QED) is 0.505. The minimum atomic E-state index is -1.62. The molecule has 104 valence electrons. The highest BCUT2D eigenvalue weighted by atomic mass is 16.5. The fourth-order valence-electron chi connectivity index (χ4n) is 0.758. The third kappa shape index (κ3) is 9.56. The van der Waals surface area contributed by atoms with E-state index in [4.69, 9.17) is 14.9 Å². The molecule has 6 nitrogen and oxygen atoms in total. The average molecular weight is 260 g/mol. The number of methoxy groups -OCH3 is 1. The Morgan fingerprint density at radius 2 is 1.67 bits per heavy atom. The highest BCUT2D eigenvalue weighted by Gasteiger charge is 2.35. The van der Waals surface area contributed by atoms with Crippen molar-refractivity contribution in [3.63, 3.8) is 0 Å². The van der Waals surface area contributed by atoms with Crippen LogP contribution in [-0.2, 0) is 19.1 Å². The van der Waals surface area contributed by atoms with Crippen LogP contribution in [0.2, 0.25) is 0 Å². The fraction of sp³-hybridized carbons (Fsp3) is 0.500. The van der Waals surface area contributed by atoms with E-state index in [1.165, 1.54) is 6.92 Å². The Morgan fingerprint density at radius 3 is 1.83 bits per heavy atom. The molecule has 0 aromatic carbocycles. The minimum absolute atomic E-state index is 0.543. The Bertz CT molecular complexity index is 278. The molecule has 0 radical (unpaired) electrons. The number of ether oxygens (including phenoxy) is 2. The van der Waals surface area contributed by atoms with Crippen LogP contribution in [0.3, 0.4) is 0 Å². The first kappa shape index (κ1) is 18.7. The van der Waals surface area contributed by atoms with Gasteiger partial charge in [0.25, 0.3) is 0 Å². The van der Waals surface area contributed by atoms with E-state index in [0.717, 1.165) is 7.11 Å². The summed E-state index contributed by atoms with van der Waals surface area (Å²) < 4.78 is 9.43. The first-order valence-electron chi connectivity index (χ1n) is 5.14. The maximum atomic E-state index is 10.4. The fourth-order valence-corrected chi connectivity index (χ4v) is 0.758. The summed E-state index contributed by atoms with van der Waals surface area (Å²) >= 11 is 0. The van der Waals surface area contributed by atoms with E-state index in [1.807, 2.05) is 0 Å². The van der Waals surface area contributed by atoms with Crippen molar-refractivity contribution < 1.29 is 29.3 Å². The number of carboxylic acids is 2. The number of hydrogen-bond donors (Lipinski definition) is 2. The molecule has 0 aliphatic heterocycles. The van der Waals surface area contributed by atoms with Gasteiger partial charge in [-0.1, -0.05) is 12.2 Å². The van der Waals surface area contributed by atoms with Gasteiger partial charge in [-0.2, -0.15) is 0 Å². The van der Waals surface area contributed by atoms with E-state index in [2.05, 4.69) is 17.9 Å². The molecule has 0 heterocycles. The Balaban J connectivity index is 0. The predicted molar refractivity (Wildman–Crippen MR) is 66.5 cm³/mol. The van der Waals surface area contributed by atoms with Gasteiger partial charge in [0.05, 0.1) is 19.6 Å². The zero-order chi connectivity index (χ0) is 14.6. The summed E-state index contributed by atoms with van der Waals surface area (Å²) in [6.45, 7) is 9.39. The molecule has 0 bridgehead atoms. The Hall–Kier alpha value is -1.66. The first-order valence-corrected chi connectivity index (χ1v) is 5.14. The van der Waals surface area contributed by atoms with E-state index in [0.29, 0.717) is 13.2 Å². The molecule has 0 aliphatic rings. The van der Waals surface area contributed by atoms with Gasteiger partial charge in [-0.05, 0) is 6.92 Å². The number of carbonyl (C=O) groups is 2. The molecule has 0 aromatic heterocycles. The van der Waals surface area contributed by atoms with Crippen LogP contribution >= 0.6 is 0 Å². The molecule has 0 spiro atoms. The molecule has 0 saturated carbocycles. The summed E-state index contributed by atoms with van der Waals surface area (Å²) in [7, 11) is 1.16. The molecule has 0 aromatic rings. The lowest BCUT2D eigenvalue weighted by Crippen LogP contribution is -2.39. The zero-order valence-electron chi connectivity index (χ0n) is 10.7. The van der Waals surface area contributed by atoms with E-state index in [1.54, 1.807) is 12.2 Å². The molecule has 0 saturated heterocycles. The van der Waals surface area contributed by atoms with Crippen LogP contribution in [0, 0.1) is 0 Å². The van der Waals surface area contributed by atoms with Crippen LogP contribution in [0.4, 0.5) is 0 Å². The summed E-state index contributed by atoms with van der Waals surface area (Å²) in [4.78, 5) is 20.5. The van der Waals surface area contributed by atoms with Gasteiger partial charge < -0.3 is 19.7 Å². The summed E-state index contributed by atoms with van der Waals surface area (Å²) in [5.41, 5.74) is -1.62. The molecule has 0 fully saturated rings. The van der Waals surface area contributed by atoms with Crippen LogP contribution < -0.4 is 0 Å². The molecule has 1 atom stereocenters. The molecular weight excluding hydrogens is 240 g/mol. The first-order chi connectivity index (χ1) is 8.33. The van der Waals surface area contributed by atoms with Gasteiger partial charge in [0, 0.05) is 7.11 Å². The lowest BCUT2D eigenvalue weighted by Gasteiger charge is -2.20. The standard InChI is InChI=1S/C6H10O5.C6H10O/c1-6(11-2,5(9)10)3-4(7)8;1-3-5-7-6-4-2/h3H2,1-2H3,(H,7,8)(H,9,10);3-4H,1-2,5-6H2. The predicted octanol–water partition coefficient (Wildman–Crippen LogP) is 1.33. The second-order valence-corrected chi connectivity index (χ2v) is 3.43. The van der Waals surface area contributed by atoms with E-state index in [9.17, 15) is 9.59 Å². The van der Waals surface area contributed by atoms with Crippen molar-refractivity contribution in [3.8, 4) is 0 Å². The van der Waals surface area contributed by atoms with Crippen molar-refractivity contribution >= 4 is 11.9 Å². The molecule has 18 heavy (non-hydrogen) atoms. The number of hydrogen-bond acceptors (Lipinski definition) is 4. The average Bonchev–Trinajstić information content (AvgIpc) is 2.29. The van der Waals surface area contributed by atoms with Crippen LogP contribution in [0.1, 0.15) is 13.3 Å². The SMILES string of the molecule is C=CCOCC=C.COC(C)(CC(=O)O)C(=O)O. The normalized spacial score (nSPS) is 12.6. The van der Waals surface area contributed by atoms with Gasteiger partial charge in [-0.3, -0.25) is 4.79 Å². The summed E-state index contributed by atoms with van der Waals surface area (Å²) in [6, 6.07) is 0. The van der Waals surface area contributed by atoms with Gasteiger partial charge in [0.1, 0.15) is 0 Å². The minimum Gasteiger partial charge on any atom is -0.481 e. The molecule has 6 heteroatoms. The molecule has 0 aliphatic carbocycles. The Labute approximate surface area is 107 Å². The Kier molecular flexibility index (Phi) is 10.9. The van der Waals surface area contributed by atoms with Crippen LogP contribution in [0.15, 0.2) is 25.3 Å². The highest BCUT2D eigenvalue weighted by Crippen LogP contribution is 2.13. The van der Waals surface area contributed by atoms with Gasteiger partial charge >= 0.3 is 11.9 Å². The van der Waals surface area contributed by atoms with Crippen molar-refractivity contribution in [2.24, 2.45) is 0 Å². The van der Waals surface area contributed by atoms with Gasteiger partial charge in [0.15, 0.2) is 5.60 Å². The van der Waals surface area contributed by atoms with E-state index < -0.39 is 24.0 Å². The molecule has 0 amide bonds. The number of rotatable bonds is 8.